The Morgan fingerprint density at radius 2 is 1.81 bits per heavy atom. The van der Waals surface area contributed by atoms with E-state index >= 15 is 0 Å². The highest BCUT2D eigenvalue weighted by Gasteiger charge is 2.39. The first kappa shape index (κ1) is 14.4. The van der Waals surface area contributed by atoms with Gasteiger partial charge in [-0.2, -0.15) is 13.2 Å². The molecule has 0 bridgehead atoms. The van der Waals surface area contributed by atoms with Crippen molar-refractivity contribution >= 4 is 6.41 Å². The number of alkyl halides is 3. The van der Waals surface area contributed by atoms with Crippen LogP contribution < -0.4 is 0 Å². The Morgan fingerprint density at radius 1 is 1.14 bits per heavy atom. The molecule has 2 atom stereocenters. The van der Waals surface area contributed by atoms with Crippen LogP contribution in [0.25, 0.3) is 0 Å². The van der Waals surface area contributed by atoms with E-state index < -0.39 is 11.7 Å². The quantitative estimate of drug-likeness (QED) is 0.799. The van der Waals surface area contributed by atoms with Crippen LogP contribution in [0.1, 0.15) is 11.1 Å². The molecule has 1 amide bonds. The Kier molecular flexibility index (Phi) is 3.65. The predicted molar refractivity (Wildman–Crippen MR) is 71.3 cm³/mol. The molecule has 21 heavy (non-hydrogen) atoms. The van der Waals surface area contributed by atoms with Gasteiger partial charge in [-0.05, 0) is 23.5 Å². The second-order valence-electron chi connectivity index (χ2n) is 5.97. The second-order valence-corrected chi connectivity index (χ2v) is 5.97. The van der Waals surface area contributed by atoms with Crippen molar-refractivity contribution in [3.63, 3.8) is 0 Å². The van der Waals surface area contributed by atoms with E-state index in [4.69, 9.17) is 0 Å². The summed E-state index contributed by atoms with van der Waals surface area (Å²) < 4.78 is 38.1. The molecule has 0 saturated carbocycles. The Bertz CT molecular complexity index is 518. The average Bonchev–Trinajstić information content (AvgIpc) is 2.95. The molecule has 2 aliphatic rings. The molecule has 3 nitrogen and oxygen atoms in total. The molecule has 1 aromatic rings. The molecule has 2 fully saturated rings. The molecule has 2 saturated heterocycles. The van der Waals surface area contributed by atoms with E-state index in [0.29, 0.717) is 23.9 Å². The van der Waals surface area contributed by atoms with Gasteiger partial charge in [-0.25, -0.2) is 0 Å². The van der Waals surface area contributed by atoms with Gasteiger partial charge in [0.1, 0.15) is 0 Å². The van der Waals surface area contributed by atoms with Crippen LogP contribution in [0.2, 0.25) is 0 Å². The lowest BCUT2D eigenvalue weighted by atomic mass is 10.0. The van der Waals surface area contributed by atoms with Gasteiger partial charge >= 0.3 is 6.18 Å². The zero-order chi connectivity index (χ0) is 15.0. The number of amides is 1. The van der Waals surface area contributed by atoms with Crippen molar-refractivity contribution in [3.8, 4) is 0 Å². The maximum absolute atomic E-state index is 12.7. The van der Waals surface area contributed by atoms with Gasteiger partial charge < -0.3 is 4.90 Å². The minimum absolute atomic E-state index is 0.459. The number of hydrogen-bond acceptors (Lipinski definition) is 2. The van der Waals surface area contributed by atoms with E-state index in [1.54, 1.807) is 11.0 Å². The fourth-order valence-corrected chi connectivity index (χ4v) is 3.45. The molecule has 2 heterocycles. The third-order valence-corrected chi connectivity index (χ3v) is 4.40. The lowest BCUT2D eigenvalue weighted by Crippen LogP contribution is -2.27. The van der Waals surface area contributed by atoms with Gasteiger partial charge in [-0.15, -0.1) is 0 Å². The summed E-state index contributed by atoms with van der Waals surface area (Å²) in [7, 11) is 0. The summed E-state index contributed by atoms with van der Waals surface area (Å²) in [5.41, 5.74) is 0.101. The van der Waals surface area contributed by atoms with Crippen LogP contribution >= 0.6 is 0 Å². The van der Waals surface area contributed by atoms with E-state index in [-0.39, 0.29) is 0 Å². The molecule has 0 radical (unpaired) electrons. The minimum atomic E-state index is -4.29. The highest BCUT2D eigenvalue weighted by atomic mass is 19.4. The Hall–Kier alpha value is -1.56. The molecule has 0 spiro atoms. The fraction of sp³-hybridized carbons (Fsp3) is 0.533. The predicted octanol–water partition coefficient (Wildman–Crippen LogP) is 2.23. The third kappa shape index (κ3) is 3.05. The summed E-state index contributed by atoms with van der Waals surface area (Å²) >= 11 is 0. The first-order valence-corrected chi connectivity index (χ1v) is 7.03. The van der Waals surface area contributed by atoms with Crippen molar-refractivity contribution in [3.05, 3.63) is 35.4 Å². The Labute approximate surface area is 121 Å². The number of nitrogens with zero attached hydrogens (tertiary/aromatic N) is 2. The van der Waals surface area contributed by atoms with Crippen molar-refractivity contribution < 1.29 is 18.0 Å². The second kappa shape index (κ2) is 5.33. The van der Waals surface area contributed by atoms with E-state index in [1.165, 1.54) is 12.1 Å². The number of rotatable bonds is 3. The molecule has 3 rings (SSSR count). The van der Waals surface area contributed by atoms with Crippen molar-refractivity contribution in [1.29, 1.82) is 0 Å². The van der Waals surface area contributed by atoms with Gasteiger partial charge in [0.2, 0.25) is 6.41 Å². The minimum Gasteiger partial charge on any atom is -0.345 e. The Morgan fingerprint density at radius 3 is 2.38 bits per heavy atom. The van der Waals surface area contributed by atoms with Gasteiger partial charge in [-0.3, -0.25) is 9.69 Å². The van der Waals surface area contributed by atoms with Crippen LogP contribution in [0.5, 0.6) is 0 Å². The first-order valence-electron chi connectivity index (χ1n) is 7.03. The van der Waals surface area contributed by atoms with Crippen LogP contribution in [0, 0.1) is 11.8 Å². The standard InChI is InChI=1S/C15H17F3N2O/c16-15(17,18)14-3-1-2-11(4-14)5-19-6-12-8-20(10-21)9-13(12)7-19/h1-4,10,12-13H,5-9H2. The van der Waals surface area contributed by atoms with E-state index in [9.17, 15) is 18.0 Å². The van der Waals surface area contributed by atoms with Crippen molar-refractivity contribution in [2.75, 3.05) is 26.2 Å². The van der Waals surface area contributed by atoms with E-state index in [0.717, 1.165) is 38.7 Å². The lowest BCUT2D eigenvalue weighted by molar-refractivity contribution is -0.137. The summed E-state index contributed by atoms with van der Waals surface area (Å²) in [6.07, 6.45) is -3.41. The van der Waals surface area contributed by atoms with Crippen LogP contribution in [0.15, 0.2) is 24.3 Å². The van der Waals surface area contributed by atoms with Crippen LogP contribution in [0.4, 0.5) is 13.2 Å². The van der Waals surface area contributed by atoms with Crippen molar-refractivity contribution in [2.45, 2.75) is 12.7 Å². The first-order chi connectivity index (χ1) is 9.95. The molecule has 1 aromatic carbocycles. The van der Waals surface area contributed by atoms with Gasteiger partial charge in [-0.1, -0.05) is 18.2 Å². The van der Waals surface area contributed by atoms with Gasteiger partial charge in [0.15, 0.2) is 0 Å². The number of benzene rings is 1. The monoisotopic (exact) mass is 298 g/mol. The number of carbonyl (C=O) groups is 1. The zero-order valence-corrected chi connectivity index (χ0v) is 11.5. The van der Waals surface area contributed by atoms with Gasteiger partial charge in [0.25, 0.3) is 0 Å². The summed E-state index contributed by atoms with van der Waals surface area (Å²) in [6, 6.07) is 5.53. The highest BCUT2D eigenvalue weighted by Crippen LogP contribution is 2.32. The van der Waals surface area contributed by atoms with Gasteiger partial charge in [0.05, 0.1) is 5.56 Å². The number of carbonyl (C=O) groups excluding carboxylic acids is 1. The van der Waals surface area contributed by atoms with E-state index in [2.05, 4.69) is 4.90 Å². The third-order valence-electron chi connectivity index (χ3n) is 4.40. The summed E-state index contributed by atoms with van der Waals surface area (Å²) in [4.78, 5) is 14.7. The molecule has 0 aliphatic carbocycles. The number of likely N-dealkylation sites (tertiary alicyclic amines) is 2. The van der Waals surface area contributed by atoms with E-state index in [1.807, 2.05) is 0 Å². The molecule has 2 aliphatic heterocycles. The lowest BCUT2D eigenvalue weighted by Gasteiger charge is -2.19. The summed E-state index contributed by atoms with van der Waals surface area (Å²) in [5.74, 6) is 0.919. The SMILES string of the molecule is O=CN1CC2CN(Cc3cccc(C(F)(F)F)c3)CC2C1. The maximum Gasteiger partial charge on any atom is 0.416 e. The molecule has 6 heteroatoms. The molecule has 2 unspecified atom stereocenters. The molecule has 114 valence electrons. The summed E-state index contributed by atoms with van der Waals surface area (Å²) in [5, 5.41) is 0. The average molecular weight is 298 g/mol. The number of halogens is 3. The number of fused-ring (bicyclic) bond motifs is 1. The van der Waals surface area contributed by atoms with Crippen LogP contribution in [-0.2, 0) is 17.5 Å². The largest absolute Gasteiger partial charge is 0.416 e. The number of hydrogen-bond donors (Lipinski definition) is 0. The molecule has 0 N–H and O–H groups in total. The van der Waals surface area contributed by atoms with Crippen LogP contribution in [0.3, 0.4) is 0 Å². The molecule has 0 aromatic heterocycles. The topological polar surface area (TPSA) is 23.6 Å². The van der Waals surface area contributed by atoms with Crippen molar-refractivity contribution in [1.82, 2.24) is 9.80 Å². The van der Waals surface area contributed by atoms with Crippen molar-refractivity contribution in [2.24, 2.45) is 11.8 Å². The van der Waals surface area contributed by atoms with Crippen LogP contribution in [-0.4, -0.2) is 42.4 Å². The Balaban J connectivity index is 1.63. The normalized spacial score (nSPS) is 26.1. The van der Waals surface area contributed by atoms with Gasteiger partial charge in [0, 0.05) is 32.7 Å². The zero-order valence-electron chi connectivity index (χ0n) is 11.5. The maximum atomic E-state index is 12.7. The molecular formula is C15H17F3N2O. The summed E-state index contributed by atoms with van der Waals surface area (Å²) in [6.45, 7) is 3.79. The highest BCUT2D eigenvalue weighted by molar-refractivity contribution is 5.48. The molecular weight excluding hydrogens is 281 g/mol. The smallest absolute Gasteiger partial charge is 0.345 e. The fourth-order valence-electron chi connectivity index (χ4n) is 3.45.